The van der Waals surface area contributed by atoms with Gasteiger partial charge in [-0.2, -0.15) is 0 Å². The SMILES string of the molecule is Cc1ccc(CNC(=O)C2Cc3ccccc3CN2)cn1. The predicted octanol–water partition coefficient (Wildman–Crippen LogP) is 1.72. The molecule has 2 N–H and O–H groups in total. The lowest BCUT2D eigenvalue weighted by Crippen LogP contribution is -2.47. The van der Waals surface area contributed by atoms with Gasteiger partial charge >= 0.3 is 0 Å². The van der Waals surface area contributed by atoms with Crippen LogP contribution in [0.2, 0.25) is 0 Å². The number of hydrogen-bond acceptors (Lipinski definition) is 3. The molecule has 0 fully saturated rings. The Labute approximate surface area is 124 Å². The summed E-state index contributed by atoms with van der Waals surface area (Å²) in [5.41, 5.74) is 4.54. The monoisotopic (exact) mass is 281 g/mol. The molecule has 0 saturated heterocycles. The van der Waals surface area contributed by atoms with Crippen LogP contribution >= 0.6 is 0 Å². The van der Waals surface area contributed by atoms with Crippen molar-refractivity contribution in [3.8, 4) is 0 Å². The van der Waals surface area contributed by atoms with Gasteiger partial charge in [-0.05, 0) is 36.1 Å². The van der Waals surface area contributed by atoms with Gasteiger partial charge in [-0.3, -0.25) is 9.78 Å². The standard InChI is InChI=1S/C17H19N3O/c1-12-6-7-13(9-18-12)10-20-17(21)16-8-14-4-2-3-5-15(14)11-19-16/h2-7,9,16,19H,8,10-11H2,1H3,(H,20,21). The molecular weight excluding hydrogens is 262 g/mol. The number of aryl methyl sites for hydroxylation is 1. The van der Waals surface area contributed by atoms with Crippen LogP contribution < -0.4 is 10.6 Å². The number of carbonyl (C=O) groups excluding carboxylic acids is 1. The molecule has 0 saturated carbocycles. The predicted molar refractivity (Wildman–Crippen MR) is 81.6 cm³/mol. The number of carbonyl (C=O) groups is 1. The Hall–Kier alpha value is -2.20. The summed E-state index contributed by atoms with van der Waals surface area (Å²) in [5.74, 6) is 0.0464. The molecule has 1 aliphatic heterocycles. The van der Waals surface area contributed by atoms with Gasteiger partial charge in [0.15, 0.2) is 0 Å². The third-order valence-electron chi connectivity index (χ3n) is 3.84. The van der Waals surface area contributed by atoms with Gasteiger partial charge in [0.1, 0.15) is 0 Å². The van der Waals surface area contributed by atoms with Gasteiger partial charge in [-0.15, -0.1) is 0 Å². The minimum Gasteiger partial charge on any atom is -0.351 e. The first-order chi connectivity index (χ1) is 10.2. The first-order valence-electron chi connectivity index (χ1n) is 7.22. The normalized spacial score (nSPS) is 17.1. The fourth-order valence-corrected chi connectivity index (χ4v) is 2.56. The molecule has 0 bridgehead atoms. The van der Waals surface area contributed by atoms with Crippen LogP contribution in [0.1, 0.15) is 22.4 Å². The fraction of sp³-hybridized carbons (Fsp3) is 0.294. The van der Waals surface area contributed by atoms with Crippen LogP contribution in [-0.4, -0.2) is 16.9 Å². The number of hydrogen-bond donors (Lipinski definition) is 2. The Morgan fingerprint density at radius 1 is 1.29 bits per heavy atom. The van der Waals surface area contributed by atoms with Crippen LogP contribution in [0.3, 0.4) is 0 Å². The highest BCUT2D eigenvalue weighted by Gasteiger charge is 2.23. The van der Waals surface area contributed by atoms with E-state index in [0.717, 1.165) is 24.2 Å². The van der Waals surface area contributed by atoms with Crippen molar-refractivity contribution < 1.29 is 4.79 Å². The third kappa shape index (κ3) is 3.28. The van der Waals surface area contributed by atoms with Crippen molar-refractivity contribution in [2.75, 3.05) is 0 Å². The Morgan fingerprint density at radius 2 is 2.10 bits per heavy atom. The summed E-state index contributed by atoms with van der Waals surface area (Å²) in [5, 5.41) is 6.27. The number of rotatable bonds is 3. The molecule has 1 aliphatic rings. The van der Waals surface area contributed by atoms with E-state index in [9.17, 15) is 4.79 Å². The van der Waals surface area contributed by atoms with Gasteiger partial charge in [0, 0.05) is 25.0 Å². The molecule has 1 atom stereocenters. The molecule has 108 valence electrons. The maximum absolute atomic E-state index is 12.3. The first-order valence-corrected chi connectivity index (χ1v) is 7.22. The van der Waals surface area contributed by atoms with Crippen molar-refractivity contribution in [1.29, 1.82) is 0 Å². The lowest BCUT2D eigenvalue weighted by molar-refractivity contribution is -0.123. The molecule has 1 amide bonds. The number of aromatic nitrogens is 1. The lowest BCUT2D eigenvalue weighted by atomic mass is 9.95. The van der Waals surface area contributed by atoms with Gasteiger partial charge in [-0.1, -0.05) is 30.3 Å². The molecule has 0 aliphatic carbocycles. The second-order valence-corrected chi connectivity index (χ2v) is 5.43. The fourth-order valence-electron chi connectivity index (χ4n) is 2.56. The Bertz CT molecular complexity index is 637. The van der Waals surface area contributed by atoms with Crippen LogP contribution in [0, 0.1) is 6.92 Å². The summed E-state index contributed by atoms with van der Waals surface area (Å²) < 4.78 is 0. The molecule has 1 aromatic carbocycles. The largest absolute Gasteiger partial charge is 0.351 e. The van der Waals surface area contributed by atoms with Crippen LogP contribution in [-0.2, 0) is 24.3 Å². The smallest absolute Gasteiger partial charge is 0.237 e. The summed E-state index contributed by atoms with van der Waals surface area (Å²) >= 11 is 0. The number of amides is 1. The van der Waals surface area contributed by atoms with Gasteiger partial charge < -0.3 is 10.6 Å². The van der Waals surface area contributed by atoms with E-state index < -0.39 is 0 Å². The highest BCUT2D eigenvalue weighted by atomic mass is 16.2. The van der Waals surface area contributed by atoms with Crippen LogP contribution in [0.15, 0.2) is 42.6 Å². The van der Waals surface area contributed by atoms with Crippen molar-refractivity contribution in [2.24, 2.45) is 0 Å². The number of pyridine rings is 1. The van der Waals surface area contributed by atoms with E-state index >= 15 is 0 Å². The summed E-state index contributed by atoms with van der Waals surface area (Å²) in [6.45, 7) is 3.22. The molecular formula is C17H19N3O. The maximum atomic E-state index is 12.3. The van der Waals surface area contributed by atoms with Gasteiger partial charge in [-0.25, -0.2) is 0 Å². The quantitative estimate of drug-likeness (QED) is 0.900. The molecule has 21 heavy (non-hydrogen) atoms. The molecule has 1 unspecified atom stereocenters. The highest BCUT2D eigenvalue weighted by Crippen LogP contribution is 2.16. The number of nitrogens with one attached hydrogen (secondary N) is 2. The lowest BCUT2D eigenvalue weighted by Gasteiger charge is -2.25. The summed E-state index contributed by atoms with van der Waals surface area (Å²) in [6.07, 6.45) is 2.55. The number of benzene rings is 1. The zero-order valence-electron chi connectivity index (χ0n) is 12.1. The van der Waals surface area contributed by atoms with E-state index in [1.165, 1.54) is 11.1 Å². The molecule has 3 rings (SSSR count). The molecule has 1 aromatic heterocycles. The number of fused-ring (bicyclic) bond motifs is 1. The van der Waals surface area contributed by atoms with Gasteiger partial charge in [0.2, 0.25) is 5.91 Å². The van der Waals surface area contributed by atoms with E-state index in [1.54, 1.807) is 6.20 Å². The van der Waals surface area contributed by atoms with Crippen LogP contribution in [0.5, 0.6) is 0 Å². The molecule has 4 nitrogen and oxygen atoms in total. The van der Waals surface area contributed by atoms with E-state index in [4.69, 9.17) is 0 Å². The minimum atomic E-state index is -0.154. The average molecular weight is 281 g/mol. The molecule has 0 spiro atoms. The van der Waals surface area contributed by atoms with E-state index in [-0.39, 0.29) is 11.9 Å². The second kappa shape index (κ2) is 6.06. The van der Waals surface area contributed by atoms with Crippen LogP contribution in [0.4, 0.5) is 0 Å². The average Bonchev–Trinajstić information content (AvgIpc) is 2.53. The van der Waals surface area contributed by atoms with Crippen molar-refractivity contribution in [3.63, 3.8) is 0 Å². The maximum Gasteiger partial charge on any atom is 0.237 e. The Kier molecular flexibility index (Phi) is 3.97. The van der Waals surface area contributed by atoms with Crippen LogP contribution in [0.25, 0.3) is 0 Å². The van der Waals surface area contributed by atoms with Crippen molar-refractivity contribution in [1.82, 2.24) is 15.6 Å². The zero-order chi connectivity index (χ0) is 14.7. The van der Waals surface area contributed by atoms with Crippen molar-refractivity contribution in [2.45, 2.75) is 32.5 Å². The highest BCUT2D eigenvalue weighted by molar-refractivity contribution is 5.82. The van der Waals surface area contributed by atoms with E-state index in [2.05, 4.69) is 27.8 Å². The number of nitrogens with zero attached hydrogens (tertiary/aromatic N) is 1. The van der Waals surface area contributed by atoms with Crippen molar-refractivity contribution >= 4 is 5.91 Å². The Balaban J connectivity index is 1.58. The molecule has 0 radical (unpaired) electrons. The zero-order valence-corrected chi connectivity index (χ0v) is 12.1. The Morgan fingerprint density at radius 3 is 2.86 bits per heavy atom. The second-order valence-electron chi connectivity index (χ2n) is 5.43. The minimum absolute atomic E-state index is 0.0464. The summed E-state index contributed by atoms with van der Waals surface area (Å²) in [6, 6.07) is 12.1. The molecule has 2 aromatic rings. The van der Waals surface area contributed by atoms with E-state index in [1.807, 2.05) is 31.2 Å². The summed E-state index contributed by atoms with van der Waals surface area (Å²) in [4.78, 5) is 16.5. The van der Waals surface area contributed by atoms with Gasteiger partial charge in [0.05, 0.1) is 6.04 Å². The van der Waals surface area contributed by atoms with Crippen molar-refractivity contribution in [3.05, 3.63) is 65.0 Å². The molecule has 2 heterocycles. The van der Waals surface area contributed by atoms with E-state index in [0.29, 0.717) is 6.54 Å². The third-order valence-corrected chi connectivity index (χ3v) is 3.84. The first kappa shape index (κ1) is 13.8. The van der Waals surface area contributed by atoms with Gasteiger partial charge in [0.25, 0.3) is 0 Å². The molecule has 4 heteroatoms. The topological polar surface area (TPSA) is 54.0 Å². The summed E-state index contributed by atoms with van der Waals surface area (Å²) in [7, 11) is 0.